The highest BCUT2D eigenvalue weighted by molar-refractivity contribution is 5.80. The Kier molecular flexibility index (Phi) is 4.80. The number of nitrogens with zero attached hydrogens (tertiary/aromatic N) is 1. The molecule has 0 amide bonds. The Morgan fingerprint density at radius 2 is 2.21 bits per heavy atom. The fourth-order valence-electron chi connectivity index (χ4n) is 2.56. The van der Waals surface area contributed by atoms with E-state index in [2.05, 4.69) is 22.3 Å². The van der Waals surface area contributed by atoms with Gasteiger partial charge < -0.3 is 15.0 Å². The van der Waals surface area contributed by atoms with Crippen LogP contribution in [0.25, 0.3) is 0 Å². The summed E-state index contributed by atoms with van der Waals surface area (Å²) in [5.41, 5.74) is 2.38. The molecule has 4 nitrogen and oxygen atoms in total. The first-order valence-corrected chi connectivity index (χ1v) is 6.99. The van der Waals surface area contributed by atoms with Crippen LogP contribution in [0, 0.1) is 0 Å². The summed E-state index contributed by atoms with van der Waals surface area (Å²) in [7, 11) is 0. The van der Waals surface area contributed by atoms with Crippen LogP contribution in [0.5, 0.6) is 0 Å². The van der Waals surface area contributed by atoms with Crippen LogP contribution in [0.2, 0.25) is 0 Å². The van der Waals surface area contributed by atoms with E-state index in [1.54, 1.807) is 0 Å². The first-order valence-electron chi connectivity index (χ1n) is 6.99. The van der Waals surface area contributed by atoms with Crippen molar-refractivity contribution in [3.8, 4) is 0 Å². The lowest BCUT2D eigenvalue weighted by atomic mass is 10.1. The minimum absolute atomic E-state index is 0.123. The standard InChI is InChI=1S/C15H22N2O2/c1-3-13(15(18)19-4-2)17-10-9-16-11-12-7-5-6-8-14(12)17/h5-8,13,16H,3-4,9-11H2,1-2H3. The lowest BCUT2D eigenvalue weighted by Crippen LogP contribution is -2.44. The van der Waals surface area contributed by atoms with Gasteiger partial charge >= 0.3 is 5.97 Å². The zero-order valence-corrected chi connectivity index (χ0v) is 11.7. The lowest BCUT2D eigenvalue weighted by molar-refractivity contribution is -0.144. The molecule has 0 aromatic heterocycles. The van der Waals surface area contributed by atoms with Crippen LogP contribution >= 0.6 is 0 Å². The average molecular weight is 262 g/mol. The highest BCUT2D eigenvalue weighted by Gasteiger charge is 2.27. The van der Waals surface area contributed by atoms with E-state index in [1.165, 1.54) is 5.56 Å². The Morgan fingerprint density at radius 3 is 2.95 bits per heavy atom. The number of hydrogen-bond donors (Lipinski definition) is 1. The molecule has 4 heteroatoms. The van der Waals surface area contributed by atoms with Crippen LogP contribution in [-0.4, -0.2) is 31.7 Å². The van der Waals surface area contributed by atoms with Crippen molar-refractivity contribution in [2.24, 2.45) is 0 Å². The maximum absolute atomic E-state index is 12.1. The first-order chi connectivity index (χ1) is 9.27. The Balaban J connectivity index is 2.29. The van der Waals surface area contributed by atoms with Gasteiger partial charge in [0.15, 0.2) is 0 Å². The molecule has 0 radical (unpaired) electrons. The van der Waals surface area contributed by atoms with Crippen molar-refractivity contribution >= 4 is 11.7 Å². The fraction of sp³-hybridized carbons (Fsp3) is 0.533. The van der Waals surface area contributed by atoms with Gasteiger partial charge in [-0.05, 0) is 25.0 Å². The van der Waals surface area contributed by atoms with Crippen molar-refractivity contribution in [2.75, 3.05) is 24.6 Å². The normalized spacial score (nSPS) is 16.4. The van der Waals surface area contributed by atoms with Gasteiger partial charge in [0.25, 0.3) is 0 Å². The predicted molar refractivity (Wildman–Crippen MR) is 76.2 cm³/mol. The van der Waals surface area contributed by atoms with Gasteiger partial charge in [-0.1, -0.05) is 25.1 Å². The van der Waals surface area contributed by atoms with Gasteiger partial charge in [-0.3, -0.25) is 0 Å². The highest BCUT2D eigenvalue weighted by atomic mass is 16.5. The third-order valence-electron chi connectivity index (χ3n) is 3.47. The topological polar surface area (TPSA) is 41.6 Å². The molecule has 0 spiro atoms. The predicted octanol–water partition coefficient (Wildman–Crippen LogP) is 1.94. The number of carbonyl (C=O) groups excluding carboxylic acids is 1. The van der Waals surface area contributed by atoms with Crippen LogP contribution in [0.3, 0.4) is 0 Å². The molecule has 0 fully saturated rings. The fourth-order valence-corrected chi connectivity index (χ4v) is 2.56. The van der Waals surface area contributed by atoms with E-state index >= 15 is 0 Å². The van der Waals surface area contributed by atoms with Gasteiger partial charge in [-0.2, -0.15) is 0 Å². The Morgan fingerprint density at radius 1 is 1.42 bits per heavy atom. The van der Waals surface area contributed by atoms with Crippen molar-refractivity contribution < 1.29 is 9.53 Å². The Labute approximate surface area is 114 Å². The van der Waals surface area contributed by atoms with E-state index in [9.17, 15) is 4.79 Å². The number of nitrogens with one attached hydrogen (secondary N) is 1. The van der Waals surface area contributed by atoms with Crippen molar-refractivity contribution in [1.29, 1.82) is 0 Å². The van der Waals surface area contributed by atoms with E-state index in [1.807, 2.05) is 26.0 Å². The summed E-state index contributed by atoms with van der Waals surface area (Å²) in [5, 5.41) is 3.39. The van der Waals surface area contributed by atoms with Gasteiger partial charge in [0.2, 0.25) is 0 Å². The number of anilines is 1. The van der Waals surface area contributed by atoms with Crippen molar-refractivity contribution in [3.63, 3.8) is 0 Å². The van der Waals surface area contributed by atoms with Crippen LogP contribution in [0.15, 0.2) is 24.3 Å². The van der Waals surface area contributed by atoms with Gasteiger partial charge in [0, 0.05) is 25.3 Å². The molecule has 1 atom stereocenters. The van der Waals surface area contributed by atoms with Gasteiger partial charge in [0.1, 0.15) is 6.04 Å². The molecule has 1 aliphatic heterocycles. The third kappa shape index (κ3) is 3.07. The van der Waals surface area contributed by atoms with E-state index < -0.39 is 0 Å². The molecule has 1 heterocycles. The van der Waals surface area contributed by atoms with E-state index in [4.69, 9.17) is 4.74 Å². The Hall–Kier alpha value is -1.55. The number of ether oxygens (including phenoxy) is 1. The third-order valence-corrected chi connectivity index (χ3v) is 3.47. The van der Waals surface area contributed by atoms with E-state index in [0.29, 0.717) is 6.61 Å². The molecule has 1 aliphatic rings. The average Bonchev–Trinajstić information content (AvgIpc) is 2.63. The molecule has 0 bridgehead atoms. The minimum Gasteiger partial charge on any atom is -0.464 e. The summed E-state index contributed by atoms with van der Waals surface area (Å²) in [6, 6.07) is 8.06. The molecule has 1 aromatic carbocycles. The molecule has 0 saturated heterocycles. The molecule has 1 N–H and O–H groups in total. The zero-order valence-electron chi connectivity index (χ0n) is 11.7. The second-order valence-electron chi connectivity index (χ2n) is 4.67. The second-order valence-corrected chi connectivity index (χ2v) is 4.67. The number of hydrogen-bond acceptors (Lipinski definition) is 4. The summed E-state index contributed by atoms with van der Waals surface area (Å²) >= 11 is 0. The summed E-state index contributed by atoms with van der Waals surface area (Å²) < 4.78 is 5.20. The molecule has 0 saturated carbocycles. The minimum atomic E-state index is -0.194. The van der Waals surface area contributed by atoms with Crippen LogP contribution < -0.4 is 10.2 Å². The Bertz CT molecular complexity index is 434. The van der Waals surface area contributed by atoms with Gasteiger partial charge in [-0.15, -0.1) is 0 Å². The smallest absolute Gasteiger partial charge is 0.328 e. The summed E-state index contributed by atoms with van der Waals surface area (Å²) in [6.45, 7) is 6.87. The molecule has 2 rings (SSSR count). The van der Waals surface area contributed by atoms with Crippen molar-refractivity contribution in [2.45, 2.75) is 32.9 Å². The molecule has 19 heavy (non-hydrogen) atoms. The van der Waals surface area contributed by atoms with Crippen LogP contribution in [0.4, 0.5) is 5.69 Å². The molecule has 1 unspecified atom stereocenters. The number of benzene rings is 1. The van der Waals surface area contributed by atoms with E-state index in [-0.39, 0.29) is 12.0 Å². The highest BCUT2D eigenvalue weighted by Crippen LogP contribution is 2.25. The number of esters is 1. The summed E-state index contributed by atoms with van der Waals surface area (Å²) in [4.78, 5) is 14.3. The number of para-hydroxylation sites is 1. The van der Waals surface area contributed by atoms with Crippen molar-refractivity contribution in [1.82, 2.24) is 5.32 Å². The van der Waals surface area contributed by atoms with E-state index in [0.717, 1.165) is 31.7 Å². The summed E-state index contributed by atoms with van der Waals surface area (Å²) in [6.07, 6.45) is 0.757. The zero-order chi connectivity index (χ0) is 13.7. The molecular formula is C15H22N2O2. The number of fused-ring (bicyclic) bond motifs is 1. The quantitative estimate of drug-likeness (QED) is 0.842. The molecule has 104 valence electrons. The number of carbonyl (C=O) groups is 1. The SMILES string of the molecule is CCOC(=O)C(CC)N1CCNCc2ccccc21. The maximum atomic E-state index is 12.1. The maximum Gasteiger partial charge on any atom is 0.328 e. The van der Waals surface area contributed by atoms with Crippen LogP contribution in [-0.2, 0) is 16.1 Å². The monoisotopic (exact) mass is 262 g/mol. The molecule has 1 aromatic rings. The van der Waals surface area contributed by atoms with Gasteiger partial charge in [-0.25, -0.2) is 4.79 Å². The first kappa shape index (κ1) is 13.9. The molecule has 0 aliphatic carbocycles. The van der Waals surface area contributed by atoms with Crippen molar-refractivity contribution in [3.05, 3.63) is 29.8 Å². The lowest BCUT2D eigenvalue weighted by Gasteiger charge is -2.31. The molecular weight excluding hydrogens is 240 g/mol. The summed E-state index contributed by atoms with van der Waals surface area (Å²) in [5.74, 6) is -0.123. The van der Waals surface area contributed by atoms with Crippen LogP contribution in [0.1, 0.15) is 25.8 Å². The largest absolute Gasteiger partial charge is 0.464 e. The van der Waals surface area contributed by atoms with Gasteiger partial charge in [0.05, 0.1) is 6.61 Å². The second kappa shape index (κ2) is 6.57. The number of rotatable bonds is 4.